The van der Waals surface area contributed by atoms with Crippen LogP contribution in [0.5, 0.6) is 23.1 Å². The number of para-hydroxylation sites is 2. The summed E-state index contributed by atoms with van der Waals surface area (Å²) < 4.78 is 16.4. The molecule has 0 saturated carbocycles. The molecular formula is C24H25N3O5. The zero-order valence-electron chi connectivity index (χ0n) is 18.0. The van der Waals surface area contributed by atoms with E-state index in [0.717, 1.165) is 5.56 Å². The maximum absolute atomic E-state index is 12.1. The third kappa shape index (κ3) is 6.46. The molecule has 1 heterocycles. The van der Waals surface area contributed by atoms with Crippen LogP contribution in [0.4, 0.5) is 0 Å². The van der Waals surface area contributed by atoms with Crippen LogP contribution in [0.2, 0.25) is 0 Å². The van der Waals surface area contributed by atoms with Crippen LogP contribution in [0.1, 0.15) is 22.8 Å². The van der Waals surface area contributed by atoms with Crippen molar-refractivity contribution in [1.82, 2.24) is 15.6 Å². The van der Waals surface area contributed by atoms with Crippen LogP contribution >= 0.6 is 0 Å². The number of hydrogen-bond donors (Lipinski definition) is 2. The van der Waals surface area contributed by atoms with Crippen LogP contribution < -0.4 is 24.8 Å². The van der Waals surface area contributed by atoms with Gasteiger partial charge in [-0.3, -0.25) is 9.59 Å². The van der Waals surface area contributed by atoms with Crippen molar-refractivity contribution in [2.45, 2.75) is 13.5 Å². The average Bonchev–Trinajstić information content (AvgIpc) is 2.83. The van der Waals surface area contributed by atoms with Gasteiger partial charge in [0, 0.05) is 24.4 Å². The summed E-state index contributed by atoms with van der Waals surface area (Å²) in [5.74, 6) is 1.65. The molecule has 0 aliphatic heterocycles. The topological polar surface area (TPSA) is 98.8 Å². The smallest absolute Gasteiger partial charge is 0.251 e. The van der Waals surface area contributed by atoms with Crippen LogP contribution in [-0.4, -0.2) is 37.1 Å². The molecule has 32 heavy (non-hydrogen) atoms. The summed E-state index contributed by atoms with van der Waals surface area (Å²) in [6, 6.07) is 17.5. The number of hydrogen-bond acceptors (Lipinski definition) is 6. The predicted molar refractivity (Wildman–Crippen MR) is 119 cm³/mol. The second-order valence-corrected chi connectivity index (χ2v) is 6.67. The molecule has 0 saturated heterocycles. The number of ether oxygens (including phenoxy) is 3. The van der Waals surface area contributed by atoms with E-state index in [1.54, 1.807) is 49.7 Å². The summed E-state index contributed by atoms with van der Waals surface area (Å²) in [6.07, 6.45) is 1.62. The predicted octanol–water partition coefficient (Wildman–Crippen LogP) is 3.33. The van der Waals surface area contributed by atoms with Gasteiger partial charge in [0.1, 0.15) is 5.75 Å². The van der Waals surface area contributed by atoms with Crippen molar-refractivity contribution in [1.29, 1.82) is 0 Å². The maximum atomic E-state index is 12.1. The highest BCUT2D eigenvalue weighted by molar-refractivity contribution is 5.96. The van der Waals surface area contributed by atoms with E-state index >= 15 is 0 Å². The summed E-state index contributed by atoms with van der Waals surface area (Å²) >= 11 is 0. The minimum absolute atomic E-state index is 0.131. The van der Waals surface area contributed by atoms with Crippen molar-refractivity contribution in [3.8, 4) is 23.1 Å². The van der Waals surface area contributed by atoms with Gasteiger partial charge in [0.05, 0.1) is 20.3 Å². The number of aromatic nitrogens is 1. The number of carbonyl (C=O) groups is 2. The van der Waals surface area contributed by atoms with E-state index < -0.39 is 0 Å². The molecule has 0 radical (unpaired) electrons. The zero-order chi connectivity index (χ0) is 22.8. The molecule has 2 N–H and O–H groups in total. The molecule has 0 aliphatic rings. The van der Waals surface area contributed by atoms with E-state index in [4.69, 9.17) is 14.2 Å². The van der Waals surface area contributed by atoms with Gasteiger partial charge in [0.25, 0.3) is 5.91 Å². The van der Waals surface area contributed by atoms with Crippen LogP contribution in [0.25, 0.3) is 0 Å². The fourth-order valence-electron chi connectivity index (χ4n) is 2.77. The van der Waals surface area contributed by atoms with Crippen molar-refractivity contribution in [2.75, 3.05) is 20.3 Å². The summed E-state index contributed by atoms with van der Waals surface area (Å²) in [4.78, 5) is 28.4. The Morgan fingerprint density at radius 1 is 0.938 bits per heavy atom. The van der Waals surface area contributed by atoms with Gasteiger partial charge in [0.15, 0.2) is 11.5 Å². The highest BCUT2D eigenvalue weighted by atomic mass is 16.5. The van der Waals surface area contributed by atoms with Crippen LogP contribution in [-0.2, 0) is 11.3 Å². The molecule has 0 aliphatic carbocycles. The Morgan fingerprint density at radius 2 is 1.69 bits per heavy atom. The minimum atomic E-state index is -0.335. The molecule has 0 spiro atoms. The van der Waals surface area contributed by atoms with Crippen molar-refractivity contribution >= 4 is 11.8 Å². The number of nitrogens with zero attached hydrogens (tertiary/aromatic N) is 1. The third-order valence-electron chi connectivity index (χ3n) is 4.41. The second-order valence-electron chi connectivity index (χ2n) is 6.67. The van der Waals surface area contributed by atoms with E-state index in [1.807, 2.05) is 31.2 Å². The summed E-state index contributed by atoms with van der Waals surface area (Å²) in [7, 11) is 1.55. The summed E-state index contributed by atoms with van der Waals surface area (Å²) in [6.45, 7) is 2.59. The third-order valence-corrected chi connectivity index (χ3v) is 4.41. The molecule has 8 nitrogen and oxygen atoms in total. The summed E-state index contributed by atoms with van der Waals surface area (Å²) in [5, 5.41) is 5.33. The van der Waals surface area contributed by atoms with Gasteiger partial charge >= 0.3 is 0 Å². The number of pyridine rings is 1. The molecule has 3 rings (SSSR count). The van der Waals surface area contributed by atoms with Gasteiger partial charge in [-0.1, -0.05) is 18.2 Å². The Balaban J connectivity index is 1.45. The molecule has 1 aromatic heterocycles. The first kappa shape index (κ1) is 22.6. The van der Waals surface area contributed by atoms with E-state index in [2.05, 4.69) is 15.6 Å². The lowest BCUT2D eigenvalue weighted by Crippen LogP contribution is -2.36. The average molecular weight is 435 g/mol. The molecule has 0 unspecified atom stereocenters. The number of amides is 2. The highest BCUT2D eigenvalue weighted by Gasteiger charge is 2.09. The van der Waals surface area contributed by atoms with Crippen molar-refractivity contribution in [2.24, 2.45) is 0 Å². The number of benzene rings is 2. The zero-order valence-corrected chi connectivity index (χ0v) is 18.0. The normalized spacial score (nSPS) is 10.2. The molecule has 0 atom stereocenters. The number of carbonyl (C=O) groups excluding carboxylic acids is 2. The monoisotopic (exact) mass is 435 g/mol. The first-order chi connectivity index (χ1) is 15.6. The number of methoxy groups -OCH3 is 1. The second kappa shape index (κ2) is 11.4. The molecule has 2 aromatic carbocycles. The molecule has 0 fully saturated rings. The first-order valence-corrected chi connectivity index (χ1v) is 10.1. The Hall–Kier alpha value is -4.07. The van der Waals surface area contributed by atoms with Gasteiger partial charge in [0.2, 0.25) is 11.8 Å². The molecule has 3 aromatic rings. The van der Waals surface area contributed by atoms with Crippen LogP contribution in [0.15, 0.2) is 66.9 Å². The van der Waals surface area contributed by atoms with E-state index in [9.17, 15) is 9.59 Å². The van der Waals surface area contributed by atoms with Crippen LogP contribution in [0, 0.1) is 0 Å². The van der Waals surface area contributed by atoms with E-state index in [-0.39, 0.29) is 24.9 Å². The van der Waals surface area contributed by atoms with Crippen molar-refractivity contribution in [3.63, 3.8) is 0 Å². The van der Waals surface area contributed by atoms with Gasteiger partial charge in [-0.15, -0.1) is 0 Å². The van der Waals surface area contributed by atoms with Gasteiger partial charge < -0.3 is 24.8 Å². The molecule has 166 valence electrons. The first-order valence-electron chi connectivity index (χ1n) is 10.1. The lowest BCUT2D eigenvalue weighted by atomic mass is 10.2. The minimum Gasteiger partial charge on any atom is -0.497 e. The van der Waals surface area contributed by atoms with Gasteiger partial charge in [-0.2, -0.15) is 0 Å². The standard InChI is InChI=1S/C24H25N3O5/c1-3-31-20-6-4-5-7-21(20)32-23-13-8-17(15-26-23)14-25-22(28)16-27-24(29)18-9-11-19(30-2)12-10-18/h4-13,15H,3,14,16H2,1-2H3,(H,25,28)(H,27,29). The number of nitrogens with one attached hydrogen (secondary N) is 2. The quantitative estimate of drug-likeness (QED) is 0.507. The largest absolute Gasteiger partial charge is 0.497 e. The molecular weight excluding hydrogens is 410 g/mol. The Labute approximate surface area is 186 Å². The Bertz CT molecular complexity index is 1040. The lowest BCUT2D eigenvalue weighted by molar-refractivity contribution is -0.120. The fourth-order valence-corrected chi connectivity index (χ4v) is 2.77. The molecule has 2 amide bonds. The number of rotatable bonds is 10. The van der Waals surface area contributed by atoms with E-state index in [1.165, 1.54) is 0 Å². The maximum Gasteiger partial charge on any atom is 0.251 e. The van der Waals surface area contributed by atoms with E-state index in [0.29, 0.717) is 35.3 Å². The SMILES string of the molecule is CCOc1ccccc1Oc1ccc(CNC(=O)CNC(=O)c2ccc(OC)cc2)cn1. The molecule has 0 bridgehead atoms. The van der Waals surface area contributed by atoms with Crippen molar-refractivity contribution < 1.29 is 23.8 Å². The highest BCUT2D eigenvalue weighted by Crippen LogP contribution is 2.30. The summed E-state index contributed by atoms with van der Waals surface area (Å²) in [5.41, 5.74) is 1.24. The molecule has 8 heteroatoms. The Morgan fingerprint density at radius 3 is 2.34 bits per heavy atom. The van der Waals surface area contributed by atoms with Gasteiger partial charge in [-0.25, -0.2) is 4.98 Å². The van der Waals surface area contributed by atoms with Crippen molar-refractivity contribution in [3.05, 3.63) is 78.0 Å². The van der Waals surface area contributed by atoms with Crippen LogP contribution in [0.3, 0.4) is 0 Å². The fraction of sp³-hybridized carbons (Fsp3) is 0.208. The lowest BCUT2D eigenvalue weighted by Gasteiger charge is -2.11. The Kier molecular flexibility index (Phi) is 8.02. The van der Waals surface area contributed by atoms with Gasteiger partial charge in [-0.05, 0) is 48.9 Å².